The van der Waals surface area contributed by atoms with Crippen molar-refractivity contribution in [3.05, 3.63) is 56.3 Å². The number of hydrogen-bond acceptors (Lipinski definition) is 5. The smallest absolute Gasteiger partial charge is 0.272 e. The van der Waals surface area contributed by atoms with E-state index in [1.807, 2.05) is 7.05 Å². The first-order chi connectivity index (χ1) is 10.0. The fraction of sp³-hybridized carbons (Fsp3) is 0.154. The highest BCUT2D eigenvalue weighted by Gasteiger charge is 2.16. The number of nitrogens with one attached hydrogen (secondary N) is 1. The predicted octanol–water partition coefficient (Wildman–Crippen LogP) is 3.81. The summed E-state index contributed by atoms with van der Waals surface area (Å²) in [5, 5.41) is 13.8. The molecule has 0 radical (unpaired) electrons. The second kappa shape index (κ2) is 6.71. The van der Waals surface area contributed by atoms with Crippen LogP contribution in [-0.4, -0.2) is 17.0 Å². The van der Waals surface area contributed by atoms with Gasteiger partial charge in [-0.2, -0.15) is 0 Å². The van der Waals surface area contributed by atoms with Gasteiger partial charge in [0, 0.05) is 24.9 Å². The largest absolute Gasteiger partial charge is 0.453 e. The Hall–Kier alpha value is -1.89. The van der Waals surface area contributed by atoms with Crippen LogP contribution in [0.15, 0.2) is 30.6 Å². The third kappa shape index (κ3) is 3.81. The van der Waals surface area contributed by atoms with E-state index in [2.05, 4.69) is 10.3 Å². The fourth-order valence-electron chi connectivity index (χ4n) is 1.69. The third-order valence-corrected chi connectivity index (χ3v) is 3.13. The van der Waals surface area contributed by atoms with Crippen LogP contribution in [0.2, 0.25) is 10.0 Å². The normalized spacial score (nSPS) is 10.4. The molecule has 6 nitrogen and oxygen atoms in total. The number of nitro groups is 1. The minimum atomic E-state index is -0.573. The molecule has 0 aliphatic carbocycles. The van der Waals surface area contributed by atoms with Crippen molar-refractivity contribution >= 4 is 28.9 Å². The maximum absolute atomic E-state index is 10.7. The minimum absolute atomic E-state index is 0.0632. The lowest BCUT2D eigenvalue weighted by Gasteiger charge is -2.10. The van der Waals surface area contributed by atoms with Gasteiger partial charge >= 0.3 is 0 Å². The van der Waals surface area contributed by atoms with Crippen molar-refractivity contribution in [2.45, 2.75) is 6.54 Å². The van der Waals surface area contributed by atoms with Crippen molar-refractivity contribution < 1.29 is 9.66 Å². The monoisotopic (exact) mass is 327 g/mol. The number of rotatable bonds is 5. The Labute approximate surface area is 130 Å². The first-order valence-corrected chi connectivity index (χ1v) is 6.66. The van der Waals surface area contributed by atoms with Gasteiger partial charge in [0.25, 0.3) is 5.69 Å². The van der Waals surface area contributed by atoms with Crippen LogP contribution in [0.5, 0.6) is 11.5 Å². The van der Waals surface area contributed by atoms with Gasteiger partial charge in [0.05, 0.1) is 21.2 Å². The second-order valence-electron chi connectivity index (χ2n) is 4.16. The number of non-ortho nitro benzene ring substituents is 1. The predicted molar refractivity (Wildman–Crippen MR) is 80.2 cm³/mol. The molecule has 0 saturated carbocycles. The molecule has 2 rings (SSSR count). The summed E-state index contributed by atoms with van der Waals surface area (Å²) in [5.41, 5.74) is 0.726. The van der Waals surface area contributed by atoms with Crippen molar-refractivity contribution in [2.75, 3.05) is 7.05 Å². The van der Waals surface area contributed by atoms with Crippen LogP contribution in [-0.2, 0) is 6.54 Å². The number of ether oxygens (including phenoxy) is 1. The number of nitro benzene ring substituents is 1. The van der Waals surface area contributed by atoms with E-state index in [1.54, 1.807) is 12.3 Å². The average Bonchev–Trinajstić information content (AvgIpc) is 2.43. The van der Waals surface area contributed by atoms with E-state index >= 15 is 0 Å². The van der Waals surface area contributed by atoms with Crippen LogP contribution in [0, 0.1) is 10.1 Å². The highest BCUT2D eigenvalue weighted by molar-refractivity contribution is 6.37. The van der Waals surface area contributed by atoms with Gasteiger partial charge in [-0.3, -0.25) is 15.1 Å². The summed E-state index contributed by atoms with van der Waals surface area (Å²) in [5.74, 6) is 0.604. The van der Waals surface area contributed by atoms with E-state index in [-0.39, 0.29) is 21.5 Å². The molecule has 0 saturated heterocycles. The zero-order valence-electron chi connectivity index (χ0n) is 11.0. The maximum atomic E-state index is 10.7. The number of aromatic nitrogens is 1. The first-order valence-electron chi connectivity index (χ1n) is 5.91. The van der Waals surface area contributed by atoms with Gasteiger partial charge in [0.1, 0.15) is 5.75 Å². The van der Waals surface area contributed by atoms with Gasteiger partial charge in [-0.15, -0.1) is 0 Å². The van der Waals surface area contributed by atoms with Crippen LogP contribution < -0.4 is 10.1 Å². The van der Waals surface area contributed by atoms with E-state index in [1.165, 1.54) is 18.3 Å². The van der Waals surface area contributed by atoms with E-state index in [0.717, 1.165) is 5.56 Å². The molecule has 8 heteroatoms. The zero-order valence-corrected chi connectivity index (χ0v) is 12.5. The van der Waals surface area contributed by atoms with Crippen molar-refractivity contribution in [1.82, 2.24) is 10.3 Å². The highest BCUT2D eigenvalue weighted by Crippen LogP contribution is 2.39. The molecule has 21 heavy (non-hydrogen) atoms. The average molecular weight is 328 g/mol. The van der Waals surface area contributed by atoms with Gasteiger partial charge in [-0.25, -0.2) is 0 Å². The second-order valence-corrected chi connectivity index (χ2v) is 4.97. The molecule has 0 spiro atoms. The SMILES string of the molecule is CNCc1cncc(Oc2c(Cl)cc([N+](=O)[O-])cc2Cl)c1. The van der Waals surface area contributed by atoms with Crippen LogP contribution in [0.1, 0.15) is 5.56 Å². The van der Waals surface area contributed by atoms with Gasteiger partial charge in [0.2, 0.25) is 0 Å². The van der Waals surface area contributed by atoms with Crippen LogP contribution in [0.4, 0.5) is 5.69 Å². The molecule has 0 fully saturated rings. The molecule has 1 N–H and O–H groups in total. The van der Waals surface area contributed by atoms with Crippen LogP contribution >= 0.6 is 23.2 Å². The Morgan fingerprint density at radius 2 is 1.95 bits per heavy atom. The lowest BCUT2D eigenvalue weighted by molar-refractivity contribution is -0.384. The van der Waals surface area contributed by atoms with E-state index in [9.17, 15) is 10.1 Å². The minimum Gasteiger partial charge on any atom is -0.453 e. The standard InChI is InChI=1S/C13H11Cl2N3O3/c1-16-5-8-2-10(7-17-6-8)21-13-11(14)3-9(18(19)20)4-12(13)15/h2-4,6-7,16H,5H2,1H3. The molecular formula is C13H11Cl2N3O3. The number of hydrogen-bond donors (Lipinski definition) is 1. The van der Waals surface area contributed by atoms with Crippen LogP contribution in [0.25, 0.3) is 0 Å². The van der Waals surface area contributed by atoms with Crippen molar-refractivity contribution in [3.63, 3.8) is 0 Å². The van der Waals surface area contributed by atoms with E-state index in [0.29, 0.717) is 12.3 Å². The quantitative estimate of drug-likeness (QED) is 0.667. The van der Waals surface area contributed by atoms with Gasteiger partial charge < -0.3 is 10.1 Å². The Balaban J connectivity index is 2.31. The Bertz CT molecular complexity index is 656. The van der Waals surface area contributed by atoms with E-state index < -0.39 is 4.92 Å². The fourth-order valence-corrected chi connectivity index (χ4v) is 2.24. The Morgan fingerprint density at radius 1 is 1.29 bits per heavy atom. The van der Waals surface area contributed by atoms with Crippen molar-refractivity contribution in [2.24, 2.45) is 0 Å². The molecule has 0 bridgehead atoms. The summed E-state index contributed by atoms with van der Waals surface area (Å²) in [6.07, 6.45) is 3.20. The molecule has 110 valence electrons. The van der Waals surface area contributed by atoms with Gasteiger partial charge in [-0.05, 0) is 18.7 Å². The molecule has 1 aromatic carbocycles. The van der Waals surface area contributed by atoms with Crippen molar-refractivity contribution in [3.8, 4) is 11.5 Å². The summed E-state index contributed by atoms with van der Waals surface area (Å²) < 4.78 is 5.58. The molecule has 0 aliphatic heterocycles. The maximum Gasteiger partial charge on any atom is 0.272 e. The summed E-state index contributed by atoms with van der Waals surface area (Å²) in [7, 11) is 1.82. The molecule has 0 amide bonds. The lowest BCUT2D eigenvalue weighted by Crippen LogP contribution is -2.05. The summed E-state index contributed by atoms with van der Waals surface area (Å²) >= 11 is 12.0. The molecule has 0 atom stereocenters. The molecule has 2 aromatic rings. The number of benzene rings is 1. The van der Waals surface area contributed by atoms with Crippen LogP contribution in [0.3, 0.4) is 0 Å². The lowest BCUT2D eigenvalue weighted by atomic mass is 10.2. The third-order valence-electron chi connectivity index (χ3n) is 2.56. The molecule has 0 unspecified atom stereocenters. The topological polar surface area (TPSA) is 77.3 Å². The van der Waals surface area contributed by atoms with Crippen molar-refractivity contribution in [1.29, 1.82) is 0 Å². The highest BCUT2D eigenvalue weighted by atomic mass is 35.5. The van der Waals surface area contributed by atoms with Gasteiger partial charge in [0.15, 0.2) is 5.75 Å². The Morgan fingerprint density at radius 3 is 2.52 bits per heavy atom. The molecule has 1 heterocycles. The van der Waals surface area contributed by atoms with E-state index in [4.69, 9.17) is 27.9 Å². The first kappa shape index (κ1) is 15.5. The number of nitrogens with zero attached hydrogens (tertiary/aromatic N) is 2. The zero-order chi connectivity index (χ0) is 15.4. The summed E-state index contributed by atoms with van der Waals surface area (Å²) in [6.45, 7) is 0.631. The van der Waals surface area contributed by atoms with Gasteiger partial charge in [-0.1, -0.05) is 23.2 Å². The number of pyridine rings is 1. The molecule has 0 aliphatic rings. The number of halogens is 2. The molecule has 1 aromatic heterocycles. The summed E-state index contributed by atoms with van der Waals surface area (Å²) in [4.78, 5) is 14.2. The molecular weight excluding hydrogens is 317 g/mol. The summed E-state index contributed by atoms with van der Waals surface area (Å²) in [6, 6.07) is 4.15. The Kier molecular flexibility index (Phi) is 4.95.